The van der Waals surface area contributed by atoms with E-state index in [9.17, 15) is 34.5 Å². The number of carboxylic acids is 1. The Kier molecular flexibility index (Phi) is 8.48. The number of carbonyl (C=O) groups excluding carboxylic acids is 3. The number of aromatic hydroxyl groups is 2. The fourth-order valence-corrected chi connectivity index (χ4v) is 9.67. The van der Waals surface area contributed by atoms with Gasteiger partial charge >= 0.3 is 11.9 Å². The number of anilines is 1. The van der Waals surface area contributed by atoms with Gasteiger partial charge < -0.3 is 35.2 Å². The van der Waals surface area contributed by atoms with E-state index in [2.05, 4.69) is 18.3 Å². The number of phenolic OH excluding ortho intramolecular Hbond substituents is 1. The Bertz CT molecular complexity index is 1720. The minimum atomic E-state index is -1.41. The number of amides is 1. The van der Waals surface area contributed by atoms with Crippen LogP contribution in [0.2, 0.25) is 0 Å². The van der Waals surface area contributed by atoms with Gasteiger partial charge in [0, 0.05) is 28.7 Å². The normalized spacial score (nSPS) is 30.3. The lowest BCUT2D eigenvalue weighted by atomic mass is 9.51. The molecule has 2 saturated carbocycles. The number of aromatic carboxylic acids is 1. The fraction of sp³-hybridized carbons (Fsp3) is 0.429. The quantitative estimate of drug-likeness (QED) is 0.125. The third kappa shape index (κ3) is 5.83. The molecule has 7 rings (SSSR count). The molecule has 0 unspecified atom stereocenters. The minimum absolute atomic E-state index is 0.0901. The van der Waals surface area contributed by atoms with Crippen LogP contribution in [0.3, 0.4) is 0 Å². The van der Waals surface area contributed by atoms with Crippen molar-refractivity contribution in [3.05, 3.63) is 64.6 Å². The van der Waals surface area contributed by atoms with E-state index in [1.165, 1.54) is 17.8 Å². The molecule has 0 radical (unpaired) electrons. The molecule has 6 atom stereocenters. The second-order valence-corrected chi connectivity index (χ2v) is 14.5. The van der Waals surface area contributed by atoms with Crippen molar-refractivity contribution < 1.29 is 49.1 Å². The van der Waals surface area contributed by atoms with Crippen LogP contribution in [0.5, 0.6) is 11.5 Å². The van der Waals surface area contributed by atoms with Gasteiger partial charge in [0.1, 0.15) is 23.6 Å². The molecule has 1 amide bonds. The number of aliphatic hydroxyl groups is 1. The molecular weight excluding hydrogens is 626 g/mol. The van der Waals surface area contributed by atoms with E-state index < -0.39 is 46.0 Å². The number of aliphatic hydroxyl groups excluding tert-OH is 1. The summed E-state index contributed by atoms with van der Waals surface area (Å²) in [5.41, 5.74) is -1.67. The summed E-state index contributed by atoms with van der Waals surface area (Å²) in [6.07, 6.45) is 7.45. The van der Waals surface area contributed by atoms with E-state index in [0.29, 0.717) is 10.8 Å². The van der Waals surface area contributed by atoms with Gasteiger partial charge in [-0.3, -0.25) is 9.59 Å². The van der Waals surface area contributed by atoms with Crippen molar-refractivity contribution in [3.8, 4) is 11.5 Å². The minimum Gasteiger partial charge on any atom is -0.506 e. The molecule has 5 aliphatic rings. The van der Waals surface area contributed by atoms with Crippen molar-refractivity contribution in [1.29, 1.82) is 0 Å². The van der Waals surface area contributed by atoms with Crippen molar-refractivity contribution in [2.75, 3.05) is 18.5 Å². The first-order valence-electron chi connectivity index (χ1n) is 15.6. The highest BCUT2D eigenvalue weighted by molar-refractivity contribution is 8.04. The number of esters is 1. The average molecular weight is 664 g/mol. The lowest BCUT2D eigenvalue weighted by molar-refractivity contribution is -0.169. The van der Waals surface area contributed by atoms with Crippen LogP contribution >= 0.6 is 11.8 Å². The maximum absolute atomic E-state index is 14.5. The lowest BCUT2D eigenvalue weighted by Crippen LogP contribution is -2.57. The number of Topliss-reactive ketones (excluding diaryl/α,β-unsaturated/α-hetero) is 1. The van der Waals surface area contributed by atoms with E-state index in [4.69, 9.17) is 14.6 Å². The Morgan fingerprint density at radius 1 is 1.17 bits per heavy atom. The van der Waals surface area contributed by atoms with Crippen LogP contribution in [-0.2, 0) is 23.9 Å². The Hall–Kier alpha value is -4.13. The van der Waals surface area contributed by atoms with Gasteiger partial charge in [-0.25, -0.2) is 9.59 Å². The number of carbonyl (C=O) groups is 4. The topological polar surface area (TPSA) is 180 Å². The molecule has 12 heteroatoms. The summed E-state index contributed by atoms with van der Waals surface area (Å²) in [7, 11) is 0. The molecule has 2 aliphatic heterocycles. The van der Waals surface area contributed by atoms with E-state index >= 15 is 0 Å². The standard InChI is InChI=1S/C35H37NO10S/c1-33(11-10-26(39)36-28-23(38)8-7-22(29(28)41)32(43)44)30-24-15-20-16-35(30,18-34(20,2)46-24)17-25(31(33)42)47-21-5-3-4-19(14-21)6-9-27(40)45-13-12-37/h3-9,14,17,20,24,30,37-38,41H,10-13,15-16,18H2,1-2H3,(H,36,39)(H,43,44)/b9-6+/t20-,24+,30+,33+,34+,35-/m1/s1. The molecule has 2 heterocycles. The number of hydrogen-bond acceptors (Lipinski definition) is 10. The first-order valence-corrected chi connectivity index (χ1v) is 16.4. The number of carboxylic acid groups (broad SMARTS) is 1. The number of hydrogen-bond donors (Lipinski definition) is 5. The van der Waals surface area contributed by atoms with Crippen molar-refractivity contribution in [2.24, 2.45) is 22.7 Å². The molecule has 2 saturated heterocycles. The Morgan fingerprint density at radius 2 is 1.96 bits per heavy atom. The summed E-state index contributed by atoms with van der Waals surface area (Å²) in [5, 5.41) is 41.3. The zero-order valence-corrected chi connectivity index (χ0v) is 26.8. The summed E-state index contributed by atoms with van der Waals surface area (Å²) < 4.78 is 11.5. The molecule has 3 aliphatic carbocycles. The molecule has 5 N–H and O–H groups in total. The fourth-order valence-electron chi connectivity index (χ4n) is 8.46. The highest BCUT2D eigenvalue weighted by Crippen LogP contribution is 2.72. The Labute approximate surface area is 275 Å². The molecule has 2 aromatic carbocycles. The number of phenols is 2. The predicted molar refractivity (Wildman–Crippen MR) is 172 cm³/mol. The summed E-state index contributed by atoms with van der Waals surface area (Å²) in [6, 6.07) is 9.54. The van der Waals surface area contributed by atoms with E-state index in [-0.39, 0.29) is 54.9 Å². The predicted octanol–water partition coefficient (Wildman–Crippen LogP) is 4.90. The lowest BCUT2D eigenvalue weighted by Gasteiger charge is -2.56. The highest BCUT2D eigenvalue weighted by Gasteiger charge is 2.72. The number of rotatable bonds is 11. The van der Waals surface area contributed by atoms with Crippen LogP contribution in [0, 0.1) is 22.7 Å². The second kappa shape index (κ2) is 12.1. The largest absolute Gasteiger partial charge is 0.506 e. The van der Waals surface area contributed by atoms with Crippen molar-refractivity contribution >= 4 is 47.2 Å². The molecule has 47 heavy (non-hydrogen) atoms. The van der Waals surface area contributed by atoms with Crippen LogP contribution in [0.1, 0.15) is 61.9 Å². The van der Waals surface area contributed by atoms with Crippen LogP contribution in [0.4, 0.5) is 5.69 Å². The van der Waals surface area contributed by atoms with E-state index in [1.54, 1.807) is 6.08 Å². The number of ether oxygens (including phenoxy) is 2. The first-order chi connectivity index (χ1) is 22.3. The second-order valence-electron chi connectivity index (χ2n) is 13.4. The number of ketones is 1. The van der Waals surface area contributed by atoms with E-state index in [1.807, 2.05) is 31.2 Å². The van der Waals surface area contributed by atoms with Crippen LogP contribution < -0.4 is 5.32 Å². The molecule has 248 valence electrons. The molecule has 2 aromatic rings. The van der Waals surface area contributed by atoms with Crippen molar-refractivity contribution in [1.82, 2.24) is 0 Å². The van der Waals surface area contributed by atoms with Gasteiger partial charge in [-0.15, -0.1) is 0 Å². The number of benzene rings is 2. The van der Waals surface area contributed by atoms with Crippen LogP contribution in [0.15, 0.2) is 58.4 Å². The van der Waals surface area contributed by atoms with Crippen LogP contribution in [0.25, 0.3) is 6.08 Å². The van der Waals surface area contributed by atoms with Crippen molar-refractivity contribution in [3.63, 3.8) is 0 Å². The summed E-state index contributed by atoms with van der Waals surface area (Å²) in [5.74, 6) is -3.68. The van der Waals surface area contributed by atoms with Gasteiger partial charge in [0.2, 0.25) is 5.91 Å². The number of thioether (sulfide) groups is 1. The summed E-state index contributed by atoms with van der Waals surface area (Å²) in [4.78, 5) is 52.5. The Balaban J connectivity index is 1.26. The molecule has 4 fully saturated rings. The van der Waals surface area contributed by atoms with Gasteiger partial charge in [-0.1, -0.05) is 36.9 Å². The molecule has 0 aromatic heterocycles. The maximum Gasteiger partial charge on any atom is 0.339 e. The molecule has 4 bridgehead atoms. The van der Waals surface area contributed by atoms with Gasteiger partial charge in [-0.05, 0) is 79.8 Å². The van der Waals surface area contributed by atoms with Gasteiger partial charge in [0.15, 0.2) is 11.5 Å². The van der Waals surface area contributed by atoms with Gasteiger partial charge in [-0.2, -0.15) is 0 Å². The summed E-state index contributed by atoms with van der Waals surface area (Å²) in [6.45, 7) is 3.70. The SMILES string of the molecule is C[C@]12C[C@@]34C=C(Sc5cccc(/C=C/C(=O)OCCO)c5)C(=O)[C@@](C)(CCC(=O)Nc5c(O)ccc(C(=O)O)c5O)[C@@H]3[C@H](C[C@@H]1C4)O2. The highest BCUT2D eigenvalue weighted by atomic mass is 32.2. The molecule has 11 nitrogen and oxygen atoms in total. The molecular formula is C35H37NO10S. The number of allylic oxidation sites excluding steroid dienone is 2. The monoisotopic (exact) mass is 663 g/mol. The van der Waals surface area contributed by atoms with E-state index in [0.717, 1.165) is 41.9 Å². The zero-order valence-electron chi connectivity index (χ0n) is 26.0. The number of nitrogens with one attached hydrogen (secondary N) is 1. The van der Waals surface area contributed by atoms with Gasteiger partial charge in [0.25, 0.3) is 0 Å². The van der Waals surface area contributed by atoms with Gasteiger partial charge in [0.05, 0.1) is 23.2 Å². The third-order valence-electron chi connectivity index (χ3n) is 10.3. The average Bonchev–Trinajstić information content (AvgIpc) is 3.39. The van der Waals surface area contributed by atoms with Crippen molar-refractivity contribution in [2.45, 2.75) is 62.6 Å². The maximum atomic E-state index is 14.5. The third-order valence-corrected chi connectivity index (χ3v) is 11.3. The molecule has 1 spiro atoms. The Morgan fingerprint density at radius 3 is 2.68 bits per heavy atom. The zero-order chi connectivity index (χ0) is 33.7. The summed E-state index contributed by atoms with van der Waals surface area (Å²) >= 11 is 1.35. The van der Waals surface area contributed by atoms with Crippen LogP contribution in [-0.4, -0.2) is 69.0 Å². The smallest absolute Gasteiger partial charge is 0.339 e. The first kappa shape index (κ1) is 32.8.